The fourth-order valence-electron chi connectivity index (χ4n) is 7.56. The highest BCUT2D eigenvalue weighted by Gasteiger charge is 2.50. The van der Waals surface area contributed by atoms with Gasteiger partial charge in [-0.15, -0.1) is 0 Å². The average Bonchev–Trinajstić information content (AvgIpc) is 3.37. The Labute approximate surface area is 440 Å². The lowest BCUT2D eigenvalue weighted by atomic mass is 9.98. The van der Waals surface area contributed by atoms with E-state index in [0.717, 1.165) is 128 Å². The van der Waals surface area contributed by atoms with Crippen molar-refractivity contribution in [1.29, 1.82) is 0 Å². The summed E-state index contributed by atoms with van der Waals surface area (Å²) in [6, 6.07) is 0. The fraction of sp³-hybridized carbons (Fsp3) is 0.639. The lowest BCUT2D eigenvalue weighted by molar-refractivity contribution is -0.301. The molecule has 0 bridgehead atoms. The van der Waals surface area contributed by atoms with Crippen molar-refractivity contribution < 1.29 is 58.2 Å². The summed E-state index contributed by atoms with van der Waals surface area (Å²) in [7, 11) is 0. The topological polar surface area (TPSA) is 175 Å². The third-order valence-electron chi connectivity index (χ3n) is 11.8. The molecule has 1 saturated heterocycles. The molecule has 3 N–H and O–H groups in total. The second kappa shape index (κ2) is 48.3. The summed E-state index contributed by atoms with van der Waals surface area (Å²) in [5, 5.41) is 31.4. The van der Waals surface area contributed by atoms with Gasteiger partial charge in [-0.1, -0.05) is 175 Å². The van der Waals surface area contributed by atoms with Crippen LogP contribution in [-0.4, -0.2) is 89.2 Å². The molecule has 6 unspecified atom stereocenters. The second-order valence-corrected chi connectivity index (χ2v) is 18.4. The van der Waals surface area contributed by atoms with E-state index in [2.05, 4.69) is 130 Å². The Bertz CT molecular complexity index is 1690. The number of carboxylic acids is 1. The van der Waals surface area contributed by atoms with Crippen molar-refractivity contribution in [3.05, 3.63) is 109 Å². The summed E-state index contributed by atoms with van der Waals surface area (Å²) < 4.78 is 28.3. The zero-order valence-corrected chi connectivity index (χ0v) is 45.1. The molecule has 412 valence electrons. The first-order valence-electron chi connectivity index (χ1n) is 27.9. The van der Waals surface area contributed by atoms with Crippen molar-refractivity contribution in [3.8, 4) is 0 Å². The molecular formula is C61H96O12. The largest absolute Gasteiger partial charge is 0.479 e. The quantitative estimate of drug-likeness (QED) is 0.0228. The molecule has 0 radical (unpaired) electrons. The first-order valence-corrected chi connectivity index (χ1v) is 27.9. The Balaban J connectivity index is 2.73. The Hall–Kier alpha value is -4.62. The lowest BCUT2D eigenvalue weighted by Crippen LogP contribution is -2.61. The third kappa shape index (κ3) is 38.6. The van der Waals surface area contributed by atoms with Gasteiger partial charge in [0.15, 0.2) is 24.6 Å². The van der Waals surface area contributed by atoms with Crippen LogP contribution in [0.2, 0.25) is 0 Å². The van der Waals surface area contributed by atoms with Crippen LogP contribution in [0.15, 0.2) is 109 Å². The molecule has 0 amide bonds. The molecule has 6 atom stereocenters. The van der Waals surface area contributed by atoms with Crippen LogP contribution in [-0.2, 0) is 42.9 Å². The highest BCUT2D eigenvalue weighted by Crippen LogP contribution is 2.26. The van der Waals surface area contributed by atoms with E-state index in [1.165, 1.54) is 12.8 Å². The van der Waals surface area contributed by atoms with Crippen LogP contribution in [0.4, 0.5) is 0 Å². The number of allylic oxidation sites excluding steroid dienone is 18. The number of unbranched alkanes of at least 4 members (excludes halogenated alkanes) is 13. The number of ether oxygens (including phenoxy) is 5. The standard InChI is InChI=1S/C61H96O12/c1-4-7-10-13-16-19-22-24-25-26-27-28-29-31-34-37-40-43-46-49-55(64)72-59-57(66)56(65)58(60(67)68)73-61(59)70-51-52(71-54(63)48-45-42-39-36-32-21-18-15-12-9-6-3)50-69-53(62)47-44-41-38-35-33-30-23-20-17-14-11-8-5-2/h7-8,10-11,15-20,24-25,27-28,30-31,33-34,52,56-59,61,65-66H,4-6,9,12-14,21-23,26,29,32,35-51H2,1-3H3,(H,67,68)/b10-7-,11-8-,18-15-,19-16-,20-17-,25-24-,28-27-,33-30-,34-31-. The van der Waals surface area contributed by atoms with Gasteiger partial charge >= 0.3 is 23.9 Å². The number of hydrogen-bond donors (Lipinski definition) is 3. The van der Waals surface area contributed by atoms with Crippen LogP contribution in [0.1, 0.15) is 201 Å². The van der Waals surface area contributed by atoms with Crippen LogP contribution in [0.3, 0.4) is 0 Å². The molecule has 1 rings (SSSR count). The molecule has 12 heteroatoms. The molecule has 0 aromatic rings. The van der Waals surface area contributed by atoms with E-state index in [1.54, 1.807) is 0 Å². The molecule has 1 aliphatic rings. The summed E-state index contributed by atoms with van der Waals surface area (Å²) >= 11 is 0. The van der Waals surface area contributed by atoms with Crippen LogP contribution < -0.4 is 0 Å². The minimum atomic E-state index is -1.92. The number of carbonyl (C=O) groups is 4. The van der Waals surface area contributed by atoms with Gasteiger partial charge in [0, 0.05) is 19.3 Å². The Morgan fingerprint density at radius 3 is 1.34 bits per heavy atom. The summed E-state index contributed by atoms with van der Waals surface area (Å²) in [4.78, 5) is 50.9. The number of carboxylic acid groups (broad SMARTS) is 1. The third-order valence-corrected chi connectivity index (χ3v) is 11.8. The van der Waals surface area contributed by atoms with Gasteiger partial charge in [-0.25, -0.2) is 4.79 Å². The van der Waals surface area contributed by atoms with Crippen molar-refractivity contribution in [2.75, 3.05) is 13.2 Å². The first-order chi connectivity index (χ1) is 35.6. The number of aliphatic hydroxyl groups is 2. The highest BCUT2D eigenvalue weighted by molar-refractivity contribution is 5.74. The molecule has 1 aliphatic heterocycles. The van der Waals surface area contributed by atoms with Gasteiger partial charge in [0.25, 0.3) is 0 Å². The van der Waals surface area contributed by atoms with Crippen molar-refractivity contribution in [2.24, 2.45) is 0 Å². The summed E-state index contributed by atoms with van der Waals surface area (Å²) in [6.07, 6.45) is 52.1. The van der Waals surface area contributed by atoms with Crippen molar-refractivity contribution >= 4 is 23.9 Å². The van der Waals surface area contributed by atoms with E-state index < -0.39 is 67.3 Å². The number of hydrogen-bond acceptors (Lipinski definition) is 11. The maximum Gasteiger partial charge on any atom is 0.335 e. The maximum absolute atomic E-state index is 13.1. The van der Waals surface area contributed by atoms with Crippen LogP contribution in [0.5, 0.6) is 0 Å². The van der Waals surface area contributed by atoms with Crippen molar-refractivity contribution in [2.45, 2.75) is 237 Å². The van der Waals surface area contributed by atoms with Gasteiger partial charge < -0.3 is 39.0 Å². The van der Waals surface area contributed by atoms with Gasteiger partial charge in [0.1, 0.15) is 18.8 Å². The number of carbonyl (C=O) groups excluding carboxylic acids is 3. The van der Waals surface area contributed by atoms with Crippen molar-refractivity contribution in [1.82, 2.24) is 0 Å². The summed E-state index contributed by atoms with van der Waals surface area (Å²) in [5.74, 6) is -3.23. The van der Waals surface area contributed by atoms with E-state index in [9.17, 15) is 34.5 Å². The zero-order valence-electron chi connectivity index (χ0n) is 45.1. The van der Waals surface area contributed by atoms with Crippen LogP contribution >= 0.6 is 0 Å². The Kier molecular flexibility index (Phi) is 44.0. The summed E-state index contributed by atoms with van der Waals surface area (Å²) in [6.45, 7) is 5.65. The number of rotatable bonds is 45. The second-order valence-electron chi connectivity index (χ2n) is 18.4. The van der Waals surface area contributed by atoms with E-state index in [0.29, 0.717) is 19.3 Å². The number of aliphatic carboxylic acids is 1. The SMILES string of the molecule is CC/C=C\C/C=C\C/C=C\C/C=C\C/C=C\CCCCCC(=O)OC1C(OCC(COC(=O)CCCCC/C=C\C/C=C\C/C=C\CC)OC(=O)CCCCCCC/C=C\CCCC)OC(C(=O)O)C(O)C1O. The minimum absolute atomic E-state index is 0.0120. The normalized spacial score (nSPS) is 19.2. The minimum Gasteiger partial charge on any atom is -0.479 e. The van der Waals surface area contributed by atoms with Gasteiger partial charge in [0.05, 0.1) is 6.61 Å². The molecule has 1 fully saturated rings. The summed E-state index contributed by atoms with van der Waals surface area (Å²) in [5.41, 5.74) is 0. The van der Waals surface area contributed by atoms with E-state index >= 15 is 0 Å². The highest BCUT2D eigenvalue weighted by atomic mass is 16.7. The van der Waals surface area contributed by atoms with Crippen LogP contribution in [0.25, 0.3) is 0 Å². The van der Waals surface area contributed by atoms with Gasteiger partial charge in [-0.05, 0) is 116 Å². The predicted octanol–water partition coefficient (Wildman–Crippen LogP) is 13.9. The first kappa shape index (κ1) is 66.4. The fourth-order valence-corrected chi connectivity index (χ4v) is 7.56. The van der Waals surface area contributed by atoms with Crippen LogP contribution in [0, 0.1) is 0 Å². The Morgan fingerprint density at radius 1 is 0.466 bits per heavy atom. The van der Waals surface area contributed by atoms with E-state index in [1.807, 2.05) is 0 Å². The zero-order chi connectivity index (χ0) is 53.3. The monoisotopic (exact) mass is 1020 g/mol. The molecule has 1 heterocycles. The Morgan fingerprint density at radius 2 is 0.863 bits per heavy atom. The lowest BCUT2D eigenvalue weighted by Gasteiger charge is -2.40. The van der Waals surface area contributed by atoms with Gasteiger partial charge in [-0.3, -0.25) is 14.4 Å². The molecule has 12 nitrogen and oxygen atoms in total. The molecular weight excluding hydrogens is 925 g/mol. The van der Waals surface area contributed by atoms with Gasteiger partial charge in [-0.2, -0.15) is 0 Å². The smallest absolute Gasteiger partial charge is 0.335 e. The van der Waals surface area contributed by atoms with Crippen molar-refractivity contribution in [3.63, 3.8) is 0 Å². The number of esters is 3. The molecule has 0 aromatic heterocycles. The molecule has 73 heavy (non-hydrogen) atoms. The number of aliphatic hydroxyl groups excluding tert-OH is 2. The molecule has 0 aromatic carbocycles. The van der Waals surface area contributed by atoms with Gasteiger partial charge in [0.2, 0.25) is 0 Å². The molecule has 0 spiro atoms. The van der Waals surface area contributed by atoms with E-state index in [4.69, 9.17) is 23.7 Å². The maximum atomic E-state index is 13.1. The molecule has 0 aliphatic carbocycles. The van der Waals surface area contributed by atoms with E-state index in [-0.39, 0.29) is 25.9 Å². The average molecular weight is 1020 g/mol. The predicted molar refractivity (Wildman–Crippen MR) is 294 cm³/mol. The molecule has 0 saturated carbocycles.